The van der Waals surface area contributed by atoms with Gasteiger partial charge in [-0.2, -0.15) is 0 Å². The second kappa shape index (κ2) is 3.35. The summed E-state index contributed by atoms with van der Waals surface area (Å²) in [6.45, 7) is 0.881. The lowest BCUT2D eigenvalue weighted by molar-refractivity contribution is 0.821. The van der Waals surface area contributed by atoms with E-state index in [9.17, 15) is 0 Å². The molecule has 0 radical (unpaired) electrons. The first-order chi connectivity index (χ1) is 7.38. The van der Waals surface area contributed by atoms with Gasteiger partial charge in [-0.1, -0.05) is 12.1 Å². The maximum atomic E-state index is 4.70. The molecule has 2 N–H and O–H groups in total. The Hall–Kier alpha value is -1.35. The van der Waals surface area contributed by atoms with Crippen molar-refractivity contribution in [3.05, 3.63) is 29.6 Å². The number of para-hydroxylation sites is 1. The molecule has 3 rings (SSSR count). The fraction of sp³-hybridized carbons (Fsp3) is 0.417. The molecule has 1 aromatic heterocycles. The van der Waals surface area contributed by atoms with E-state index < -0.39 is 0 Å². The van der Waals surface area contributed by atoms with E-state index in [1.54, 1.807) is 0 Å². The molecule has 0 unspecified atom stereocenters. The standard InChI is InChI=1S/C12H15N3/c1-13-7-9-3-2-4-10-11(9)15-12(14-10)8-5-6-8/h2-4,8,13H,5-7H2,1H3,(H,14,15). The average Bonchev–Trinajstić information content (AvgIpc) is 2.99. The summed E-state index contributed by atoms with van der Waals surface area (Å²) in [4.78, 5) is 8.12. The van der Waals surface area contributed by atoms with E-state index in [1.807, 2.05) is 7.05 Å². The Labute approximate surface area is 88.9 Å². The molecule has 0 saturated heterocycles. The zero-order chi connectivity index (χ0) is 10.3. The average molecular weight is 201 g/mol. The number of imidazole rings is 1. The van der Waals surface area contributed by atoms with Crippen LogP contribution in [0.15, 0.2) is 18.2 Å². The van der Waals surface area contributed by atoms with E-state index in [0.717, 1.165) is 12.1 Å². The number of hydrogen-bond acceptors (Lipinski definition) is 2. The van der Waals surface area contributed by atoms with Crippen molar-refractivity contribution in [3.8, 4) is 0 Å². The molecular weight excluding hydrogens is 186 g/mol. The summed E-state index contributed by atoms with van der Waals surface area (Å²) in [7, 11) is 1.97. The maximum absolute atomic E-state index is 4.70. The van der Waals surface area contributed by atoms with Crippen molar-refractivity contribution in [1.29, 1.82) is 0 Å². The summed E-state index contributed by atoms with van der Waals surface area (Å²) >= 11 is 0. The number of aromatic nitrogens is 2. The second-order valence-corrected chi connectivity index (χ2v) is 4.24. The van der Waals surface area contributed by atoms with Crippen LogP contribution >= 0.6 is 0 Å². The Morgan fingerprint density at radius 3 is 3.07 bits per heavy atom. The molecule has 78 valence electrons. The smallest absolute Gasteiger partial charge is 0.110 e. The number of aromatic amines is 1. The molecule has 0 spiro atoms. The Morgan fingerprint density at radius 1 is 1.47 bits per heavy atom. The lowest BCUT2D eigenvalue weighted by Gasteiger charge is -1.99. The molecule has 1 aliphatic carbocycles. The summed E-state index contributed by atoms with van der Waals surface area (Å²) < 4.78 is 0. The Morgan fingerprint density at radius 2 is 2.33 bits per heavy atom. The van der Waals surface area contributed by atoms with Crippen molar-refractivity contribution in [3.63, 3.8) is 0 Å². The zero-order valence-corrected chi connectivity index (χ0v) is 8.88. The highest BCUT2D eigenvalue weighted by atomic mass is 14.9. The summed E-state index contributed by atoms with van der Waals surface area (Å²) in [5, 5.41) is 3.18. The minimum Gasteiger partial charge on any atom is -0.342 e. The monoisotopic (exact) mass is 201 g/mol. The van der Waals surface area contributed by atoms with Gasteiger partial charge >= 0.3 is 0 Å². The van der Waals surface area contributed by atoms with Crippen molar-refractivity contribution in [2.24, 2.45) is 0 Å². The highest BCUT2D eigenvalue weighted by Gasteiger charge is 2.26. The molecule has 3 heteroatoms. The SMILES string of the molecule is CNCc1cccc2[nH]c(C3CC3)nc12. The Balaban J connectivity index is 2.11. The molecule has 0 amide bonds. The third kappa shape index (κ3) is 1.53. The number of hydrogen-bond donors (Lipinski definition) is 2. The van der Waals surface area contributed by atoms with E-state index >= 15 is 0 Å². The van der Waals surface area contributed by atoms with Crippen molar-refractivity contribution in [1.82, 2.24) is 15.3 Å². The van der Waals surface area contributed by atoms with Gasteiger partial charge < -0.3 is 10.3 Å². The summed E-state index contributed by atoms with van der Waals surface area (Å²) in [6.07, 6.45) is 2.59. The maximum Gasteiger partial charge on any atom is 0.110 e. The van der Waals surface area contributed by atoms with Gasteiger partial charge in [0.05, 0.1) is 11.0 Å². The number of nitrogens with zero attached hydrogens (tertiary/aromatic N) is 1. The van der Waals surface area contributed by atoms with Crippen LogP contribution in [0.3, 0.4) is 0 Å². The first kappa shape index (κ1) is 8.92. The fourth-order valence-corrected chi connectivity index (χ4v) is 1.99. The largest absolute Gasteiger partial charge is 0.342 e. The van der Waals surface area contributed by atoms with Crippen LogP contribution in [0.1, 0.15) is 30.1 Å². The number of fused-ring (bicyclic) bond motifs is 1. The van der Waals surface area contributed by atoms with Gasteiger partial charge in [0.25, 0.3) is 0 Å². The van der Waals surface area contributed by atoms with E-state index in [0.29, 0.717) is 5.92 Å². The quantitative estimate of drug-likeness (QED) is 0.799. The molecule has 1 aliphatic rings. The first-order valence-corrected chi connectivity index (χ1v) is 5.50. The minimum absolute atomic E-state index is 0.694. The van der Waals surface area contributed by atoms with Crippen LogP contribution in [-0.4, -0.2) is 17.0 Å². The molecule has 15 heavy (non-hydrogen) atoms. The van der Waals surface area contributed by atoms with Crippen LogP contribution in [0.25, 0.3) is 11.0 Å². The highest BCUT2D eigenvalue weighted by Crippen LogP contribution is 2.39. The van der Waals surface area contributed by atoms with Crippen molar-refractivity contribution in [2.45, 2.75) is 25.3 Å². The lowest BCUT2D eigenvalue weighted by Crippen LogP contribution is -2.05. The second-order valence-electron chi connectivity index (χ2n) is 4.24. The molecule has 1 saturated carbocycles. The Bertz CT molecular complexity index is 483. The molecule has 1 aromatic carbocycles. The third-order valence-corrected chi connectivity index (χ3v) is 2.95. The predicted octanol–water partition coefficient (Wildman–Crippen LogP) is 2.16. The fourth-order valence-electron chi connectivity index (χ4n) is 1.99. The van der Waals surface area contributed by atoms with Gasteiger partial charge in [0.2, 0.25) is 0 Å². The highest BCUT2D eigenvalue weighted by molar-refractivity contribution is 5.79. The van der Waals surface area contributed by atoms with Crippen molar-refractivity contribution >= 4 is 11.0 Å². The predicted molar refractivity (Wildman–Crippen MR) is 60.8 cm³/mol. The molecule has 0 aliphatic heterocycles. The van der Waals surface area contributed by atoms with Crippen LogP contribution in [0, 0.1) is 0 Å². The number of benzene rings is 1. The molecule has 3 nitrogen and oxygen atoms in total. The summed E-state index contributed by atoms with van der Waals surface area (Å²) in [5.74, 6) is 1.87. The summed E-state index contributed by atoms with van der Waals surface area (Å²) in [6, 6.07) is 6.33. The number of rotatable bonds is 3. The number of nitrogens with one attached hydrogen (secondary N) is 2. The third-order valence-electron chi connectivity index (χ3n) is 2.95. The van der Waals surface area contributed by atoms with Crippen molar-refractivity contribution < 1.29 is 0 Å². The van der Waals surface area contributed by atoms with Crippen LogP contribution < -0.4 is 5.32 Å². The molecule has 0 bridgehead atoms. The summed E-state index contributed by atoms with van der Waals surface area (Å²) in [5.41, 5.74) is 3.58. The van der Waals surface area contributed by atoms with Gasteiger partial charge in [-0.05, 0) is 31.5 Å². The molecule has 1 heterocycles. The minimum atomic E-state index is 0.694. The lowest BCUT2D eigenvalue weighted by atomic mass is 10.2. The molecular formula is C12H15N3. The van der Waals surface area contributed by atoms with Gasteiger partial charge in [-0.25, -0.2) is 4.98 Å². The van der Waals surface area contributed by atoms with Crippen LogP contribution in [0.5, 0.6) is 0 Å². The van der Waals surface area contributed by atoms with Gasteiger partial charge in [0, 0.05) is 12.5 Å². The van der Waals surface area contributed by atoms with Gasteiger partial charge in [0.1, 0.15) is 5.82 Å². The Kier molecular flexibility index (Phi) is 1.99. The zero-order valence-electron chi connectivity index (χ0n) is 8.88. The molecule has 1 fully saturated rings. The normalized spacial score (nSPS) is 16.1. The molecule has 2 aromatic rings. The van der Waals surface area contributed by atoms with Crippen LogP contribution in [0.2, 0.25) is 0 Å². The molecule has 0 atom stereocenters. The van der Waals surface area contributed by atoms with E-state index in [4.69, 9.17) is 4.98 Å². The number of H-pyrrole nitrogens is 1. The van der Waals surface area contributed by atoms with E-state index in [-0.39, 0.29) is 0 Å². The van der Waals surface area contributed by atoms with Crippen molar-refractivity contribution in [2.75, 3.05) is 7.05 Å². The van der Waals surface area contributed by atoms with Gasteiger partial charge in [-0.3, -0.25) is 0 Å². The first-order valence-electron chi connectivity index (χ1n) is 5.50. The van der Waals surface area contributed by atoms with Crippen LogP contribution in [0.4, 0.5) is 0 Å². The van der Waals surface area contributed by atoms with Gasteiger partial charge in [0.15, 0.2) is 0 Å². The van der Waals surface area contributed by atoms with Gasteiger partial charge in [-0.15, -0.1) is 0 Å². The van der Waals surface area contributed by atoms with Crippen LogP contribution in [-0.2, 0) is 6.54 Å². The topological polar surface area (TPSA) is 40.7 Å². The van der Waals surface area contributed by atoms with E-state index in [1.165, 1.54) is 29.7 Å². The van der Waals surface area contributed by atoms with E-state index in [2.05, 4.69) is 28.5 Å².